The van der Waals surface area contributed by atoms with Gasteiger partial charge in [-0.2, -0.15) is 0 Å². The summed E-state index contributed by atoms with van der Waals surface area (Å²) in [4.78, 5) is 1.33. The van der Waals surface area contributed by atoms with Crippen LogP contribution in [-0.2, 0) is 6.42 Å². The first kappa shape index (κ1) is 14.9. The van der Waals surface area contributed by atoms with Gasteiger partial charge in [0, 0.05) is 14.9 Å². The van der Waals surface area contributed by atoms with E-state index in [9.17, 15) is 0 Å². The normalized spacial score (nSPS) is 12.6. The quantitative estimate of drug-likeness (QED) is 0.788. The van der Waals surface area contributed by atoms with Gasteiger partial charge in [0.15, 0.2) is 0 Å². The van der Waals surface area contributed by atoms with Gasteiger partial charge >= 0.3 is 0 Å². The summed E-state index contributed by atoms with van der Waals surface area (Å²) in [5.41, 5.74) is 2.42. The molecule has 2 rings (SSSR count). The second-order valence-electron chi connectivity index (χ2n) is 4.32. The van der Waals surface area contributed by atoms with Crippen LogP contribution in [-0.4, -0.2) is 6.54 Å². The number of benzene rings is 1. The summed E-state index contributed by atoms with van der Waals surface area (Å²) in [6.07, 6.45) is 1.03. The van der Waals surface area contributed by atoms with Crippen LogP contribution in [0.3, 0.4) is 0 Å². The first-order valence-corrected chi connectivity index (χ1v) is 8.05. The van der Waals surface area contributed by atoms with Gasteiger partial charge in [-0.15, -0.1) is 11.3 Å². The van der Waals surface area contributed by atoms with E-state index in [2.05, 4.69) is 30.6 Å². The van der Waals surface area contributed by atoms with Crippen LogP contribution in [0.25, 0.3) is 0 Å². The lowest BCUT2D eigenvalue weighted by Gasteiger charge is -2.20. The Balaban J connectivity index is 2.48. The molecule has 2 aromatic rings. The monoisotopic (exact) mass is 313 g/mol. The molecule has 1 aromatic heterocycles. The lowest BCUT2D eigenvalue weighted by molar-refractivity contribution is 0.635. The van der Waals surface area contributed by atoms with Crippen LogP contribution in [0.1, 0.15) is 35.9 Å². The van der Waals surface area contributed by atoms with E-state index in [4.69, 9.17) is 23.2 Å². The molecule has 102 valence electrons. The fourth-order valence-corrected chi connectivity index (χ4v) is 3.67. The number of aryl methyl sites for hydroxylation is 1. The molecule has 19 heavy (non-hydrogen) atoms. The molecule has 0 aliphatic carbocycles. The number of hydrogen-bond donors (Lipinski definition) is 1. The van der Waals surface area contributed by atoms with Gasteiger partial charge in [0.25, 0.3) is 0 Å². The highest BCUT2D eigenvalue weighted by Crippen LogP contribution is 2.35. The first-order valence-electron chi connectivity index (χ1n) is 6.42. The van der Waals surface area contributed by atoms with E-state index in [1.165, 1.54) is 10.4 Å². The molecule has 1 N–H and O–H groups in total. The van der Waals surface area contributed by atoms with Crippen molar-refractivity contribution in [3.8, 4) is 0 Å². The van der Waals surface area contributed by atoms with E-state index in [-0.39, 0.29) is 6.04 Å². The summed E-state index contributed by atoms with van der Waals surface area (Å²) in [5.74, 6) is 0. The summed E-state index contributed by atoms with van der Waals surface area (Å²) in [6.45, 7) is 5.16. The van der Waals surface area contributed by atoms with Crippen LogP contribution in [0.4, 0.5) is 0 Å². The highest BCUT2D eigenvalue weighted by atomic mass is 35.5. The molecular formula is C15H17Cl2NS. The maximum atomic E-state index is 6.35. The molecule has 1 nitrogen and oxygen atoms in total. The van der Waals surface area contributed by atoms with Gasteiger partial charge in [0.05, 0.1) is 6.04 Å². The number of nitrogens with one attached hydrogen (secondary N) is 1. The third-order valence-corrected chi connectivity index (χ3v) is 4.70. The largest absolute Gasteiger partial charge is 0.306 e. The van der Waals surface area contributed by atoms with Crippen LogP contribution in [0.5, 0.6) is 0 Å². The van der Waals surface area contributed by atoms with Crippen molar-refractivity contribution in [2.24, 2.45) is 0 Å². The zero-order valence-corrected chi connectivity index (χ0v) is 13.4. The molecule has 0 bridgehead atoms. The van der Waals surface area contributed by atoms with E-state index in [0.717, 1.165) is 28.6 Å². The molecule has 0 aliphatic rings. The summed E-state index contributed by atoms with van der Waals surface area (Å²) >= 11 is 14.2. The second kappa shape index (κ2) is 6.76. The van der Waals surface area contributed by atoms with E-state index in [1.807, 2.05) is 18.2 Å². The molecule has 1 unspecified atom stereocenters. The first-order chi connectivity index (χ1) is 9.17. The van der Waals surface area contributed by atoms with E-state index < -0.39 is 0 Å². The minimum atomic E-state index is 0.117. The Hall–Kier alpha value is -0.540. The number of hydrogen-bond acceptors (Lipinski definition) is 2. The molecule has 4 heteroatoms. The molecule has 1 aromatic carbocycles. The van der Waals surface area contributed by atoms with Gasteiger partial charge in [-0.25, -0.2) is 0 Å². The smallest absolute Gasteiger partial charge is 0.0688 e. The fourth-order valence-electron chi connectivity index (χ4n) is 2.18. The van der Waals surface area contributed by atoms with Gasteiger partial charge in [-0.1, -0.05) is 37.0 Å². The average molecular weight is 314 g/mol. The Morgan fingerprint density at radius 2 is 2.00 bits per heavy atom. The van der Waals surface area contributed by atoms with Gasteiger partial charge in [-0.05, 0) is 53.7 Å². The predicted molar refractivity (Wildman–Crippen MR) is 85.7 cm³/mol. The highest BCUT2D eigenvalue weighted by molar-refractivity contribution is 7.10. The van der Waals surface area contributed by atoms with E-state index in [1.54, 1.807) is 11.3 Å². The molecule has 1 heterocycles. The third kappa shape index (κ3) is 3.32. The van der Waals surface area contributed by atoms with Crippen LogP contribution in [0, 0.1) is 0 Å². The summed E-state index contributed by atoms with van der Waals surface area (Å²) in [5, 5.41) is 7.12. The lowest BCUT2D eigenvalue weighted by Crippen LogP contribution is -2.22. The zero-order valence-electron chi connectivity index (χ0n) is 11.0. The van der Waals surface area contributed by atoms with Crippen LogP contribution < -0.4 is 5.32 Å². The lowest BCUT2D eigenvalue weighted by atomic mass is 10.0. The second-order valence-corrected chi connectivity index (χ2v) is 6.11. The molecular weight excluding hydrogens is 297 g/mol. The van der Waals surface area contributed by atoms with Crippen molar-refractivity contribution in [2.45, 2.75) is 26.3 Å². The molecule has 0 radical (unpaired) electrons. The summed E-state index contributed by atoms with van der Waals surface area (Å²) < 4.78 is 0. The van der Waals surface area contributed by atoms with Crippen molar-refractivity contribution in [3.05, 3.63) is 55.7 Å². The maximum absolute atomic E-state index is 6.35. The molecule has 0 aliphatic heterocycles. The Labute approximate surface area is 128 Å². The van der Waals surface area contributed by atoms with Crippen molar-refractivity contribution < 1.29 is 0 Å². The van der Waals surface area contributed by atoms with Crippen molar-refractivity contribution in [1.29, 1.82) is 0 Å². The number of halogens is 2. The van der Waals surface area contributed by atoms with Gasteiger partial charge in [-0.3, -0.25) is 0 Å². The van der Waals surface area contributed by atoms with Gasteiger partial charge < -0.3 is 5.32 Å². The molecule has 1 atom stereocenters. The minimum absolute atomic E-state index is 0.117. The SMILES string of the molecule is CCNC(c1cc(Cl)ccc1Cl)c1sccc1CC. The van der Waals surface area contributed by atoms with Crippen molar-refractivity contribution in [2.75, 3.05) is 6.54 Å². The fraction of sp³-hybridized carbons (Fsp3) is 0.333. The summed E-state index contributed by atoms with van der Waals surface area (Å²) in [7, 11) is 0. The van der Waals surface area contributed by atoms with E-state index >= 15 is 0 Å². The molecule has 0 amide bonds. The van der Waals surface area contributed by atoms with Gasteiger partial charge in [0.2, 0.25) is 0 Å². The standard InChI is InChI=1S/C15H17Cl2NS/c1-3-10-7-8-19-15(10)14(18-4-2)12-9-11(16)5-6-13(12)17/h5-9,14,18H,3-4H2,1-2H3. The van der Waals surface area contributed by atoms with E-state index in [0.29, 0.717) is 0 Å². The Morgan fingerprint density at radius 1 is 1.21 bits per heavy atom. The zero-order chi connectivity index (χ0) is 13.8. The maximum Gasteiger partial charge on any atom is 0.0688 e. The van der Waals surface area contributed by atoms with Crippen molar-refractivity contribution in [3.63, 3.8) is 0 Å². The minimum Gasteiger partial charge on any atom is -0.306 e. The predicted octanol–water partition coefficient (Wildman–Crippen LogP) is 5.32. The Bertz CT molecular complexity index is 551. The molecule has 0 spiro atoms. The average Bonchev–Trinajstić information content (AvgIpc) is 2.87. The number of thiophene rings is 1. The molecule has 0 saturated carbocycles. The van der Waals surface area contributed by atoms with Crippen molar-refractivity contribution in [1.82, 2.24) is 5.32 Å². The summed E-state index contributed by atoms with van der Waals surface area (Å²) in [6, 6.07) is 7.94. The molecule has 0 saturated heterocycles. The Morgan fingerprint density at radius 3 is 2.68 bits per heavy atom. The highest BCUT2D eigenvalue weighted by Gasteiger charge is 2.20. The van der Waals surface area contributed by atoms with Gasteiger partial charge in [0.1, 0.15) is 0 Å². The third-order valence-electron chi connectivity index (χ3n) is 3.10. The number of rotatable bonds is 5. The molecule has 0 fully saturated rings. The van der Waals surface area contributed by atoms with Crippen molar-refractivity contribution >= 4 is 34.5 Å². The van der Waals surface area contributed by atoms with Crippen LogP contribution >= 0.6 is 34.5 Å². The van der Waals surface area contributed by atoms with Crippen LogP contribution in [0.2, 0.25) is 10.0 Å². The Kier molecular flexibility index (Phi) is 5.28. The van der Waals surface area contributed by atoms with Crippen LogP contribution in [0.15, 0.2) is 29.6 Å². The topological polar surface area (TPSA) is 12.0 Å².